The van der Waals surface area contributed by atoms with Crippen molar-refractivity contribution in [3.05, 3.63) is 0 Å². The zero-order valence-electron chi connectivity index (χ0n) is 10.2. The highest BCUT2D eigenvalue weighted by Gasteiger charge is 2.37. The third kappa shape index (κ3) is 3.18. The van der Waals surface area contributed by atoms with Gasteiger partial charge in [0.25, 0.3) is 0 Å². The molecule has 2 fully saturated rings. The van der Waals surface area contributed by atoms with Gasteiger partial charge in [-0.1, -0.05) is 20.3 Å². The van der Waals surface area contributed by atoms with Crippen LogP contribution in [0.4, 0.5) is 0 Å². The van der Waals surface area contributed by atoms with Crippen molar-refractivity contribution in [1.82, 2.24) is 5.32 Å². The minimum Gasteiger partial charge on any atom is -0.381 e. The van der Waals surface area contributed by atoms with E-state index in [0.29, 0.717) is 5.41 Å². The van der Waals surface area contributed by atoms with E-state index < -0.39 is 0 Å². The molecule has 1 saturated carbocycles. The first-order valence-corrected chi connectivity index (χ1v) is 6.55. The van der Waals surface area contributed by atoms with E-state index in [9.17, 15) is 0 Å². The maximum atomic E-state index is 5.42. The van der Waals surface area contributed by atoms with Gasteiger partial charge in [-0.3, -0.25) is 0 Å². The Morgan fingerprint density at radius 2 is 2.07 bits per heavy atom. The van der Waals surface area contributed by atoms with Crippen molar-refractivity contribution < 1.29 is 4.74 Å². The molecule has 2 aliphatic rings. The molecule has 1 N–H and O–H groups in total. The average Bonchev–Trinajstić information content (AvgIpc) is 2.96. The Kier molecular flexibility index (Phi) is 3.68. The predicted molar refractivity (Wildman–Crippen MR) is 63.0 cm³/mol. The van der Waals surface area contributed by atoms with E-state index in [1.807, 2.05) is 0 Å². The first-order valence-electron chi connectivity index (χ1n) is 6.55. The minimum atomic E-state index is 0.498. The van der Waals surface area contributed by atoms with Gasteiger partial charge in [-0.15, -0.1) is 0 Å². The van der Waals surface area contributed by atoms with E-state index in [1.165, 1.54) is 38.6 Å². The molecule has 2 atom stereocenters. The first-order chi connectivity index (χ1) is 7.23. The number of ether oxygens (including phenoxy) is 1. The normalized spacial score (nSPS) is 34.0. The summed E-state index contributed by atoms with van der Waals surface area (Å²) in [4.78, 5) is 0. The molecule has 1 aliphatic carbocycles. The van der Waals surface area contributed by atoms with E-state index in [0.717, 1.165) is 25.2 Å². The van der Waals surface area contributed by atoms with Crippen LogP contribution in [-0.2, 0) is 4.74 Å². The van der Waals surface area contributed by atoms with Crippen LogP contribution >= 0.6 is 0 Å². The highest BCUT2D eigenvalue weighted by atomic mass is 16.5. The number of hydrogen-bond acceptors (Lipinski definition) is 2. The van der Waals surface area contributed by atoms with E-state index >= 15 is 0 Å². The summed E-state index contributed by atoms with van der Waals surface area (Å²) in [7, 11) is 0. The topological polar surface area (TPSA) is 21.3 Å². The van der Waals surface area contributed by atoms with Gasteiger partial charge < -0.3 is 10.1 Å². The maximum Gasteiger partial charge on any atom is 0.0471 e. The molecule has 15 heavy (non-hydrogen) atoms. The van der Waals surface area contributed by atoms with Gasteiger partial charge in [-0.05, 0) is 37.0 Å². The van der Waals surface area contributed by atoms with Gasteiger partial charge in [0, 0.05) is 25.8 Å². The summed E-state index contributed by atoms with van der Waals surface area (Å²) >= 11 is 0. The lowest BCUT2D eigenvalue weighted by molar-refractivity contribution is 0.0238. The molecule has 2 nitrogen and oxygen atoms in total. The van der Waals surface area contributed by atoms with E-state index in [-0.39, 0.29) is 0 Å². The molecule has 0 aromatic heterocycles. The van der Waals surface area contributed by atoms with Gasteiger partial charge in [0.15, 0.2) is 0 Å². The Bertz CT molecular complexity index is 199. The molecule has 2 heteroatoms. The van der Waals surface area contributed by atoms with E-state index in [4.69, 9.17) is 4.74 Å². The fraction of sp³-hybridized carbons (Fsp3) is 1.00. The lowest BCUT2D eigenvalue weighted by atomic mass is 9.82. The zero-order valence-corrected chi connectivity index (χ0v) is 10.2. The van der Waals surface area contributed by atoms with Crippen LogP contribution in [-0.4, -0.2) is 25.8 Å². The van der Waals surface area contributed by atoms with E-state index in [2.05, 4.69) is 19.2 Å². The summed E-state index contributed by atoms with van der Waals surface area (Å²) in [6.07, 6.45) is 6.63. The fourth-order valence-corrected chi connectivity index (χ4v) is 2.61. The molecule has 2 unspecified atom stereocenters. The molecule has 0 aromatic rings. The number of hydrogen-bond donors (Lipinski definition) is 1. The summed E-state index contributed by atoms with van der Waals surface area (Å²) in [6.45, 7) is 7.80. The second-order valence-corrected chi connectivity index (χ2v) is 5.69. The van der Waals surface area contributed by atoms with Crippen LogP contribution in [0.25, 0.3) is 0 Å². The maximum absolute atomic E-state index is 5.42. The van der Waals surface area contributed by atoms with Crippen LogP contribution in [0, 0.1) is 11.3 Å². The Labute approximate surface area is 93.8 Å². The van der Waals surface area contributed by atoms with Crippen molar-refractivity contribution in [2.24, 2.45) is 11.3 Å². The van der Waals surface area contributed by atoms with Gasteiger partial charge in [0.1, 0.15) is 0 Å². The molecular weight excluding hydrogens is 186 g/mol. The average molecular weight is 211 g/mol. The predicted octanol–water partition coefficient (Wildman–Crippen LogP) is 2.58. The molecule has 88 valence electrons. The van der Waals surface area contributed by atoms with Crippen LogP contribution in [0.3, 0.4) is 0 Å². The summed E-state index contributed by atoms with van der Waals surface area (Å²) < 4.78 is 5.42. The smallest absolute Gasteiger partial charge is 0.0471 e. The van der Waals surface area contributed by atoms with Crippen LogP contribution in [0.1, 0.15) is 46.0 Å². The van der Waals surface area contributed by atoms with Gasteiger partial charge >= 0.3 is 0 Å². The molecule has 0 amide bonds. The van der Waals surface area contributed by atoms with Crippen LogP contribution in [0.2, 0.25) is 0 Å². The second-order valence-electron chi connectivity index (χ2n) is 5.69. The minimum absolute atomic E-state index is 0.498. The lowest BCUT2D eigenvalue weighted by Crippen LogP contribution is -2.38. The fourth-order valence-electron chi connectivity index (χ4n) is 2.61. The quantitative estimate of drug-likeness (QED) is 0.754. The monoisotopic (exact) mass is 211 g/mol. The largest absolute Gasteiger partial charge is 0.381 e. The van der Waals surface area contributed by atoms with Crippen molar-refractivity contribution in [3.63, 3.8) is 0 Å². The molecule has 0 radical (unpaired) electrons. The molecule has 0 spiro atoms. The standard InChI is InChI=1S/C13H25NO/c1-3-4-11-9-12(11)14-10-13(2)5-7-15-8-6-13/h11-12,14H,3-10H2,1-2H3. The van der Waals surface area contributed by atoms with Gasteiger partial charge in [0.05, 0.1) is 0 Å². The molecule has 0 aromatic carbocycles. The van der Waals surface area contributed by atoms with Gasteiger partial charge in [-0.25, -0.2) is 0 Å². The molecular formula is C13H25NO. The molecule has 2 rings (SSSR count). The molecule has 0 bridgehead atoms. The lowest BCUT2D eigenvalue weighted by Gasteiger charge is -2.33. The Balaban J connectivity index is 1.65. The van der Waals surface area contributed by atoms with Crippen molar-refractivity contribution >= 4 is 0 Å². The summed E-state index contributed by atoms with van der Waals surface area (Å²) in [5.74, 6) is 0.985. The zero-order chi connectivity index (χ0) is 10.7. The Morgan fingerprint density at radius 3 is 2.73 bits per heavy atom. The molecule has 1 saturated heterocycles. The van der Waals surface area contributed by atoms with Crippen molar-refractivity contribution in [2.75, 3.05) is 19.8 Å². The van der Waals surface area contributed by atoms with Gasteiger partial charge in [0.2, 0.25) is 0 Å². The van der Waals surface area contributed by atoms with Crippen LogP contribution in [0.15, 0.2) is 0 Å². The molecule has 1 heterocycles. The highest BCUT2D eigenvalue weighted by Crippen LogP contribution is 2.36. The molecule has 1 aliphatic heterocycles. The van der Waals surface area contributed by atoms with Crippen LogP contribution in [0.5, 0.6) is 0 Å². The second kappa shape index (κ2) is 4.84. The van der Waals surface area contributed by atoms with E-state index in [1.54, 1.807) is 0 Å². The van der Waals surface area contributed by atoms with Gasteiger partial charge in [-0.2, -0.15) is 0 Å². The van der Waals surface area contributed by atoms with Crippen LogP contribution < -0.4 is 5.32 Å². The summed E-state index contributed by atoms with van der Waals surface area (Å²) in [5, 5.41) is 3.75. The van der Waals surface area contributed by atoms with Crippen molar-refractivity contribution in [2.45, 2.75) is 52.0 Å². The third-order valence-corrected chi connectivity index (χ3v) is 4.07. The SMILES string of the molecule is CCCC1CC1NCC1(C)CCOCC1. The first kappa shape index (κ1) is 11.4. The summed E-state index contributed by atoms with van der Waals surface area (Å²) in [5.41, 5.74) is 0.498. The van der Waals surface area contributed by atoms with Crippen molar-refractivity contribution in [3.8, 4) is 0 Å². The Morgan fingerprint density at radius 1 is 1.33 bits per heavy atom. The Hall–Kier alpha value is -0.0800. The third-order valence-electron chi connectivity index (χ3n) is 4.07. The summed E-state index contributed by atoms with van der Waals surface area (Å²) in [6, 6.07) is 0.838. The van der Waals surface area contributed by atoms with Crippen molar-refractivity contribution in [1.29, 1.82) is 0 Å². The number of nitrogens with one attached hydrogen (secondary N) is 1. The highest BCUT2D eigenvalue weighted by molar-refractivity contribution is 4.94. The number of rotatable bonds is 5.